The van der Waals surface area contributed by atoms with Crippen LogP contribution in [-0.4, -0.2) is 53.6 Å². The predicted octanol–water partition coefficient (Wildman–Crippen LogP) is 5.21. The van der Waals surface area contributed by atoms with Crippen molar-refractivity contribution in [1.29, 1.82) is 0 Å². The molecule has 2 fully saturated rings. The number of benzene rings is 1. The Morgan fingerprint density at radius 2 is 1.55 bits per heavy atom. The van der Waals surface area contributed by atoms with Gasteiger partial charge in [-0.05, 0) is 70.1 Å². The van der Waals surface area contributed by atoms with E-state index >= 15 is 0 Å². The standard InChI is InChI=1S/C24H36N2O3/c1-24(2,3)29-23(28)26-16-14-21(15-17-26)25(4)22(27)20-12-10-19(11-13-20)18-8-6-5-7-9-18/h10-13,18,21H,5-9,14-17H2,1-4H3. The average Bonchev–Trinajstić information content (AvgIpc) is 2.72. The molecule has 0 atom stereocenters. The number of carbonyl (C=O) groups is 2. The molecule has 1 aliphatic carbocycles. The van der Waals surface area contributed by atoms with Crippen molar-refractivity contribution in [1.82, 2.24) is 9.80 Å². The lowest BCUT2D eigenvalue weighted by Gasteiger charge is -2.37. The quantitative estimate of drug-likeness (QED) is 0.700. The maximum atomic E-state index is 13.0. The summed E-state index contributed by atoms with van der Waals surface area (Å²) in [7, 11) is 1.88. The summed E-state index contributed by atoms with van der Waals surface area (Å²) < 4.78 is 5.46. The van der Waals surface area contributed by atoms with Gasteiger partial charge in [0.25, 0.3) is 5.91 Å². The van der Waals surface area contributed by atoms with E-state index < -0.39 is 5.60 Å². The molecule has 5 heteroatoms. The maximum Gasteiger partial charge on any atom is 0.410 e. The first-order valence-electron chi connectivity index (χ1n) is 11.1. The van der Waals surface area contributed by atoms with Crippen LogP contribution in [0.3, 0.4) is 0 Å². The smallest absolute Gasteiger partial charge is 0.410 e. The third kappa shape index (κ3) is 5.74. The first-order valence-corrected chi connectivity index (χ1v) is 11.1. The highest BCUT2D eigenvalue weighted by molar-refractivity contribution is 5.94. The maximum absolute atomic E-state index is 13.0. The van der Waals surface area contributed by atoms with E-state index in [1.807, 2.05) is 44.9 Å². The van der Waals surface area contributed by atoms with Crippen molar-refractivity contribution in [2.75, 3.05) is 20.1 Å². The topological polar surface area (TPSA) is 49.9 Å². The van der Waals surface area contributed by atoms with Gasteiger partial charge in [0.15, 0.2) is 0 Å². The van der Waals surface area contributed by atoms with E-state index in [9.17, 15) is 9.59 Å². The van der Waals surface area contributed by atoms with E-state index in [0.29, 0.717) is 19.0 Å². The highest BCUT2D eigenvalue weighted by atomic mass is 16.6. The molecule has 160 valence electrons. The number of nitrogens with zero attached hydrogens (tertiary/aromatic N) is 2. The molecule has 0 aromatic heterocycles. The third-order valence-electron chi connectivity index (χ3n) is 6.22. The second kappa shape index (κ2) is 9.19. The molecular formula is C24H36N2O3. The van der Waals surface area contributed by atoms with Crippen LogP contribution in [0.15, 0.2) is 24.3 Å². The summed E-state index contributed by atoms with van der Waals surface area (Å²) in [4.78, 5) is 28.8. The number of hydrogen-bond acceptors (Lipinski definition) is 3. The summed E-state index contributed by atoms with van der Waals surface area (Å²) in [6.07, 6.45) is 7.82. The summed E-state index contributed by atoms with van der Waals surface area (Å²) in [5, 5.41) is 0. The van der Waals surface area contributed by atoms with Gasteiger partial charge in [-0.3, -0.25) is 4.79 Å². The van der Waals surface area contributed by atoms with Crippen molar-refractivity contribution >= 4 is 12.0 Å². The summed E-state index contributed by atoms with van der Waals surface area (Å²) in [5.74, 6) is 0.721. The summed E-state index contributed by atoms with van der Waals surface area (Å²) in [6, 6.07) is 8.40. The zero-order valence-electron chi connectivity index (χ0n) is 18.4. The van der Waals surface area contributed by atoms with Crippen LogP contribution in [0.25, 0.3) is 0 Å². The van der Waals surface area contributed by atoms with Crippen molar-refractivity contribution in [3.05, 3.63) is 35.4 Å². The van der Waals surface area contributed by atoms with Gasteiger partial charge in [-0.25, -0.2) is 4.79 Å². The summed E-state index contributed by atoms with van der Waals surface area (Å²) >= 11 is 0. The lowest BCUT2D eigenvalue weighted by atomic mass is 9.84. The van der Waals surface area contributed by atoms with Crippen LogP contribution in [-0.2, 0) is 4.74 Å². The molecule has 1 saturated heterocycles. The minimum Gasteiger partial charge on any atom is -0.444 e. The molecule has 29 heavy (non-hydrogen) atoms. The number of likely N-dealkylation sites (tertiary alicyclic amines) is 1. The largest absolute Gasteiger partial charge is 0.444 e. The van der Waals surface area contributed by atoms with Gasteiger partial charge in [0.1, 0.15) is 5.60 Å². The normalized spacial score (nSPS) is 19.1. The van der Waals surface area contributed by atoms with Crippen LogP contribution < -0.4 is 0 Å². The molecule has 3 rings (SSSR count). The Morgan fingerprint density at radius 3 is 2.10 bits per heavy atom. The Labute approximate surface area is 175 Å². The number of hydrogen-bond donors (Lipinski definition) is 0. The molecule has 0 unspecified atom stereocenters. The Bertz CT molecular complexity index is 694. The van der Waals surface area contributed by atoms with Gasteiger partial charge in [0, 0.05) is 31.7 Å². The molecule has 0 N–H and O–H groups in total. The number of rotatable bonds is 3. The van der Waals surface area contributed by atoms with E-state index in [4.69, 9.17) is 4.74 Å². The molecule has 0 bridgehead atoms. The van der Waals surface area contributed by atoms with E-state index in [1.54, 1.807) is 4.90 Å². The zero-order chi connectivity index (χ0) is 21.0. The summed E-state index contributed by atoms with van der Waals surface area (Å²) in [6.45, 7) is 6.88. The molecule has 1 aromatic carbocycles. The average molecular weight is 401 g/mol. The van der Waals surface area contributed by atoms with Crippen molar-refractivity contribution in [2.45, 2.75) is 83.3 Å². The number of ether oxygens (including phenoxy) is 1. The molecular weight excluding hydrogens is 364 g/mol. The summed E-state index contributed by atoms with van der Waals surface area (Å²) in [5.41, 5.74) is 1.64. The van der Waals surface area contributed by atoms with Crippen LogP contribution in [0.2, 0.25) is 0 Å². The van der Waals surface area contributed by atoms with Gasteiger partial charge in [-0.2, -0.15) is 0 Å². The second-order valence-electron chi connectivity index (χ2n) is 9.57. The van der Waals surface area contributed by atoms with E-state index in [0.717, 1.165) is 18.4 Å². The van der Waals surface area contributed by atoms with Gasteiger partial charge >= 0.3 is 6.09 Å². The van der Waals surface area contributed by atoms with Crippen LogP contribution in [0.1, 0.15) is 87.6 Å². The molecule has 1 aliphatic heterocycles. The van der Waals surface area contributed by atoms with E-state index in [2.05, 4.69) is 12.1 Å². The molecule has 5 nitrogen and oxygen atoms in total. The Morgan fingerprint density at radius 1 is 0.966 bits per heavy atom. The van der Waals surface area contributed by atoms with Gasteiger partial charge in [-0.15, -0.1) is 0 Å². The first kappa shape index (κ1) is 21.7. The fourth-order valence-corrected chi connectivity index (χ4v) is 4.47. The second-order valence-corrected chi connectivity index (χ2v) is 9.57. The molecule has 1 saturated carbocycles. The monoisotopic (exact) mass is 400 g/mol. The molecule has 1 aromatic rings. The minimum atomic E-state index is -0.482. The van der Waals surface area contributed by atoms with Gasteiger partial charge in [-0.1, -0.05) is 31.4 Å². The molecule has 0 radical (unpaired) electrons. The Hall–Kier alpha value is -2.04. The molecule has 2 aliphatic rings. The predicted molar refractivity (Wildman–Crippen MR) is 115 cm³/mol. The fraction of sp³-hybridized carbons (Fsp3) is 0.667. The third-order valence-corrected chi connectivity index (χ3v) is 6.22. The first-order chi connectivity index (χ1) is 13.7. The number of carbonyl (C=O) groups excluding carboxylic acids is 2. The lowest BCUT2D eigenvalue weighted by Crippen LogP contribution is -2.48. The highest BCUT2D eigenvalue weighted by Crippen LogP contribution is 2.32. The van der Waals surface area contributed by atoms with Gasteiger partial charge in [0.05, 0.1) is 0 Å². The van der Waals surface area contributed by atoms with Gasteiger partial charge < -0.3 is 14.5 Å². The zero-order valence-corrected chi connectivity index (χ0v) is 18.4. The van der Waals surface area contributed by atoms with E-state index in [-0.39, 0.29) is 18.0 Å². The van der Waals surface area contributed by atoms with Crippen molar-refractivity contribution in [3.63, 3.8) is 0 Å². The fourth-order valence-electron chi connectivity index (χ4n) is 4.47. The minimum absolute atomic E-state index is 0.0657. The molecule has 1 heterocycles. The SMILES string of the molecule is CN(C(=O)c1ccc(C2CCCCC2)cc1)C1CCN(C(=O)OC(C)(C)C)CC1. The molecule has 2 amide bonds. The van der Waals surface area contributed by atoms with Crippen LogP contribution in [0.4, 0.5) is 4.79 Å². The number of amides is 2. The Kier molecular flexibility index (Phi) is 6.86. The highest BCUT2D eigenvalue weighted by Gasteiger charge is 2.30. The lowest BCUT2D eigenvalue weighted by molar-refractivity contribution is 0.0160. The van der Waals surface area contributed by atoms with Crippen molar-refractivity contribution < 1.29 is 14.3 Å². The van der Waals surface area contributed by atoms with Crippen LogP contribution in [0.5, 0.6) is 0 Å². The molecule has 0 spiro atoms. The number of piperidine rings is 1. The Balaban J connectivity index is 1.53. The van der Waals surface area contributed by atoms with Crippen molar-refractivity contribution in [2.24, 2.45) is 0 Å². The van der Waals surface area contributed by atoms with E-state index in [1.165, 1.54) is 37.7 Å². The van der Waals surface area contributed by atoms with Crippen LogP contribution in [0, 0.1) is 0 Å². The van der Waals surface area contributed by atoms with Crippen LogP contribution >= 0.6 is 0 Å². The van der Waals surface area contributed by atoms with Crippen molar-refractivity contribution in [3.8, 4) is 0 Å². The van der Waals surface area contributed by atoms with Gasteiger partial charge in [0.2, 0.25) is 0 Å².